The van der Waals surface area contributed by atoms with Crippen LogP contribution in [-0.4, -0.2) is 74.7 Å². The number of carbonyl (C=O) groups is 3. The highest BCUT2D eigenvalue weighted by atomic mass is 16.6. The molecule has 0 radical (unpaired) electrons. The molecular formula is C30H38N2O6. The monoisotopic (exact) mass is 522 g/mol. The second-order valence-corrected chi connectivity index (χ2v) is 10.0. The van der Waals surface area contributed by atoms with Gasteiger partial charge in [-0.05, 0) is 49.4 Å². The molecule has 0 aromatic heterocycles. The van der Waals surface area contributed by atoms with Crippen molar-refractivity contribution < 1.29 is 28.6 Å². The third-order valence-electron chi connectivity index (χ3n) is 7.17. The van der Waals surface area contributed by atoms with Crippen molar-refractivity contribution in [1.82, 2.24) is 4.90 Å². The molecule has 204 valence electrons. The van der Waals surface area contributed by atoms with Crippen LogP contribution in [0.3, 0.4) is 0 Å². The molecule has 4 rings (SSSR count). The van der Waals surface area contributed by atoms with Crippen LogP contribution in [-0.2, 0) is 41.6 Å². The van der Waals surface area contributed by atoms with Crippen molar-refractivity contribution in [3.63, 3.8) is 0 Å². The number of nitrogens with zero attached hydrogens (tertiary/aromatic N) is 2. The largest absolute Gasteiger partial charge is 0.459 e. The lowest BCUT2D eigenvalue weighted by atomic mass is 10.1. The molecule has 1 amide bonds. The first kappa shape index (κ1) is 27.8. The summed E-state index contributed by atoms with van der Waals surface area (Å²) in [6.45, 7) is 4.96. The van der Waals surface area contributed by atoms with E-state index in [1.807, 2.05) is 30.3 Å². The van der Waals surface area contributed by atoms with Gasteiger partial charge >= 0.3 is 5.97 Å². The van der Waals surface area contributed by atoms with Gasteiger partial charge in [0.2, 0.25) is 5.91 Å². The molecule has 0 spiro atoms. The molecular weight excluding hydrogens is 484 g/mol. The Hall–Kier alpha value is -3.23. The van der Waals surface area contributed by atoms with Gasteiger partial charge < -0.3 is 24.0 Å². The number of benzene rings is 2. The van der Waals surface area contributed by atoms with Crippen LogP contribution in [0.15, 0.2) is 54.6 Å². The van der Waals surface area contributed by atoms with Crippen molar-refractivity contribution >= 4 is 23.3 Å². The minimum atomic E-state index is -0.846. The maximum absolute atomic E-state index is 13.1. The lowest BCUT2D eigenvalue weighted by molar-refractivity contribution is -0.160. The zero-order valence-electron chi connectivity index (χ0n) is 22.3. The van der Waals surface area contributed by atoms with E-state index in [0.717, 1.165) is 56.0 Å². The van der Waals surface area contributed by atoms with Gasteiger partial charge in [-0.3, -0.25) is 9.59 Å². The molecule has 0 unspecified atom stereocenters. The van der Waals surface area contributed by atoms with Gasteiger partial charge in [0, 0.05) is 38.2 Å². The number of Topliss-reactive ketones (excluding diaryl/α,β-unsaturated/α-hetero) is 1. The van der Waals surface area contributed by atoms with Crippen LogP contribution in [0, 0.1) is 5.92 Å². The molecule has 1 heterocycles. The molecule has 2 aromatic carbocycles. The van der Waals surface area contributed by atoms with E-state index < -0.39 is 18.1 Å². The number of ether oxygens (including phenoxy) is 3. The van der Waals surface area contributed by atoms with Gasteiger partial charge in [0.25, 0.3) is 0 Å². The van der Waals surface area contributed by atoms with Crippen LogP contribution in [0.1, 0.15) is 37.3 Å². The molecule has 1 aliphatic carbocycles. The van der Waals surface area contributed by atoms with E-state index in [9.17, 15) is 14.4 Å². The van der Waals surface area contributed by atoms with Crippen LogP contribution in [0.2, 0.25) is 0 Å². The highest BCUT2D eigenvalue weighted by molar-refractivity contribution is 5.92. The lowest BCUT2D eigenvalue weighted by Crippen LogP contribution is -2.47. The smallest absolute Gasteiger partial charge is 0.335 e. The van der Waals surface area contributed by atoms with E-state index in [2.05, 4.69) is 29.2 Å². The van der Waals surface area contributed by atoms with Crippen molar-refractivity contribution in [2.45, 2.75) is 51.4 Å². The normalized spacial score (nSPS) is 16.9. The van der Waals surface area contributed by atoms with Gasteiger partial charge in [-0.2, -0.15) is 0 Å². The first-order valence-corrected chi connectivity index (χ1v) is 13.5. The highest BCUT2D eigenvalue weighted by Crippen LogP contribution is 2.32. The van der Waals surface area contributed by atoms with Gasteiger partial charge in [0.1, 0.15) is 12.6 Å². The molecule has 1 saturated heterocycles. The fourth-order valence-corrected chi connectivity index (χ4v) is 4.47. The first-order chi connectivity index (χ1) is 18.4. The number of rotatable bonds is 13. The number of carbonyl (C=O) groups excluding carboxylic acids is 3. The number of hydrogen-bond acceptors (Lipinski definition) is 7. The topological polar surface area (TPSA) is 85.4 Å². The van der Waals surface area contributed by atoms with Crippen LogP contribution >= 0.6 is 0 Å². The Balaban J connectivity index is 1.27. The highest BCUT2D eigenvalue weighted by Gasteiger charge is 2.38. The number of ketones is 1. The molecule has 2 aliphatic rings. The number of likely N-dealkylation sites (N-methyl/N-ethyl adjacent to an activating group) is 1. The van der Waals surface area contributed by atoms with Crippen molar-refractivity contribution in [2.24, 2.45) is 5.92 Å². The Morgan fingerprint density at radius 2 is 1.68 bits per heavy atom. The molecule has 8 heteroatoms. The van der Waals surface area contributed by atoms with Crippen LogP contribution in [0.4, 0.5) is 5.69 Å². The maximum Gasteiger partial charge on any atom is 0.335 e. The second-order valence-electron chi connectivity index (χ2n) is 10.0. The fourth-order valence-electron chi connectivity index (χ4n) is 4.47. The molecule has 8 nitrogen and oxygen atoms in total. The molecule has 2 aromatic rings. The van der Waals surface area contributed by atoms with Crippen molar-refractivity contribution in [1.29, 1.82) is 0 Å². The number of morpholine rings is 1. The average molecular weight is 523 g/mol. The number of anilines is 1. The first-order valence-electron chi connectivity index (χ1n) is 13.5. The molecule has 2 fully saturated rings. The van der Waals surface area contributed by atoms with E-state index in [1.165, 1.54) is 4.90 Å². The Morgan fingerprint density at radius 1 is 1.00 bits per heavy atom. The van der Waals surface area contributed by atoms with E-state index in [4.69, 9.17) is 14.2 Å². The third-order valence-corrected chi connectivity index (χ3v) is 7.17. The number of hydrogen-bond donors (Lipinski definition) is 0. The molecule has 2 atom stereocenters. The number of aryl methyl sites for hydroxylation is 1. The number of esters is 1. The maximum atomic E-state index is 13.1. The summed E-state index contributed by atoms with van der Waals surface area (Å²) < 4.78 is 16.5. The summed E-state index contributed by atoms with van der Waals surface area (Å²) in [5.41, 5.74) is 3.11. The van der Waals surface area contributed by atoms with Gasteiger partial charge in [-0.1, -0.05) is 42.5 Å². The summed E-state index contributed by atoms with van der Waals surface area (Å²) in [7, 11) is 1.65. The van der Waals surface area contributed by atoms with E-state index in [-0.39, 0.29) is 37.2 Å². The van der Waals surface area contributed by atoms with E-state index >= 15 is 0 Å². The lowest BCUT2D eigenvalue weighted by Gasteiger charge is -2.29. The summed E-state index contributed by atoms with van der Waals surface area (Å²) in [6.07, 6.45) is 1.70. The molecule has 1 aliphatic heterocycles. The summed E-state index contributed by atoms with van der Waals surface area (Å²) in [5.74, 6) is -0.655. The minimum Gasteiger partial charge on any atom is -0.459 e. The van der Waals surface area contributed by atoms with Gasteiger partial charge in [0.15, 0.2) is 11.9 Å². The summed E-state index contributed by atoms with van der Waals surface area (Å²) >= 11 is 0. The molecule has 1 saturated carbocycles. The second kappa shape index (κ2) is 13.5. The van der Waals surface area contributed by atoms with Crippen molar-refractivity contribution in [3.8, 4) is 0 Å². The molecule has 38 heavy (non-hydrogen) atoms. The van der Waals surface area contributed by atoms with Gasteiger partial charge in [-0.15, -0.1) is 0 Å². The summed E-state index contributed by atoms with van der Waals surface area (Å²) in [5, 5.41) is 0. The van der Waals surface area contributed by atoms with Crippen LogP contribution < -0.4 is 4.90 Å². The summed E-state index contributed by atoms with van der Waals surface area (Å²) in [4.78, 5) is 42.3. The van der Waals surface area contributed by atoms with E-state index in [0.29, 0.717) is 6.42 Å². The van der Waals surface area contributed by atoms with Crippen LogP contribution in [0.5, 0.6) is 0 Å². The Bertz CT molecular complexity index is 1060. The predicted octanol–water partition coefficient (Wildman–Crippen LogP) is 3.41. The third kappa shape index (κ3) is 7.88. The minimum absolute atomic E-state index is 0.000525. The summed E-state index contributed by atoms with van der Waals surface area (Å²) in [6, 6.07) is 17.0. The van der Waals surface area contributed by atoms with Crippen molar-refractivity contribution in [3.05, 3.63) is 65.7 Å². The van der Waals surface area contributed by atoms with Gasteiger partial charge in [0.05, 0.1) is 19.8 Å². The van der Waals surface area contributed by atoms with E-state index in [1.54, 1.807) is 14.0 Å². The SMILES string of the molecule is C[C@@H](OC[C@@H](C(=O)C1CC1)N(C)C(=O)CCc1ccc(N2CCOCC2)cc1)C(=O)OCc1ccccc1. The number of amides is 1. The fraction of sp³-hybridized carbons (Fsp3) is 0.500. The standard InChI is InChI=1S/C30H38N2O6/c1-22(30(35)38-20-24-6-4-3-5-7-24)37-21-27(29(34)25-11-12-25)31(2)28(33)15-10-23-8-13-26(14-9-23)32-16-18-36-19-17-32/h3-9,13-14,22,25,27H,10-12,15-21H2,1-2H3/t22-,27+/m1/s1. The average Bonchev–Trinajstić information content (AvgIpc) is 3.81. The Morgan fingerprint density at radius 3 is 2.34 bits per heavy atom. The zero-order chi connectivity index (χ0) is 26.9. The predicted molar refractivity (Wildman–Crippen MR) is 144 cm³/mol. The van der Waals surface area contributed by atoms with Crippen molar-refractivity contribution in [2.75, 3.05) is 44.9 Å². The molecule has 0 N–H and O–H groups in total. The van der Waals surface area contributed by atoms with Gasteiger partial charge in [-0.25, -0.2) is 4.79 Å². The Kier molecular flexibility index (Phi) is 9.90. The molecule has 0 bridgehead atoms. The van der Waals surface area contributed by atoms with Crippen LogP contribution in [0.25, 0.3) is 0 Å². The quantitative estimate of drug-likeness (QED) is 0.373. The Labute approximate surface area is 224 Å². The zero-order valence-corrected chi connectivity index (χ0v) is 22.3.